The van der Waals surface area contributed by atoms with E-state index >= 15 is 0 Å². The summed E-state index contributed by atoms with van der Waals surface area (Å²) in [5.41, 5.74) is 6.63. The second kappa shape index (κ2) is 4.77. The Bertz CT molecular complexity index is 315. The molecule has 1 aromatic rings. The molecule has 0 amide bonds. The highest BCUT2D eigenvalue weighted by atomic mass is 79.9. The highest BCUT2D eigenvalue weighted by Gasteiger charge is 2.17. The molecule has 0 aromatic heterocycles. The van der Waals surface area contributed by atoms with Gasteiger partial charge < -0.3 is 15.6 Å². The number of para-hydroxylation sites is 1. The molecule has 0 saturated heterocycles. The van der Waals surface area contributed by atoms with Gasteiger partial charge in [0.1, 0.15) is 5.75 Å². The van der Waals surface area contributed by atoms with Gasteiger partial charge in [-0.05, 0) is 28.9 Å². The number of ether oxygens (including phenoxy) is 1. The third-order valence-corrected chi connectivity index (χ3v) is 2.70. The number of aliphatic hydroxyl groups is 1. The van der Waals surface area contributed by atoms with E-state index in [0.717, 1.165) is 10.0 Å². The fraction of sp³-hybridized carbons (Fsp3) is 0.400. The molecule has 3 N–H and O–H groups in total. The van der Waals surface area contributed by atoms with Crippen molar-refractivity contribution in [1.82, 2.24) is 0 Å². The van der Waals surface area contributed by atoms with Gasteiger partial charge in [-0.1, -0.05) is 12.1 Å². The molecule has 0 aliphatic carbocycles. The average molecular weight is 260 g/mol. The first kappa shape index (κ1) is 11.5. The summed E-state index contributed by atoms with van der Waals surface area (Å²) in [5, 5.41) is 9.39. The zero-order valence-electron chi connectivity index (χ0n) is 8.20. The largest absolute Gasteiger partial charge is 0.495 e. The first-order valence-corrected chi connectivity index (χ1v) is 5.13. The summed E-state index contributed by atoms with van der Waals surface area (Å²) in [6.07, 6.45) is -0.599. The Kier molecular flexibility index (Phi) is 3.92. The van der Waals surface area contributed by atoms with Crippen LogP contribution in [-0.4, -0.2) is 18.3 Å². The van der Waals surface area contributed by atoms with E-state index in [2.05, 4.69) is 15.9 Å². The molecule has 0 heterocycles. The van der Waals surface area contributed by atoms with Gasteiger partial charge >= 0.3 is 0 Å². The smallest absolute Gasteiger partial charge is 0.137 e. The van der Waals surface area contributed by atoms with Crippen molar-refractivity contribution in [2.45, 2.75) is 19.1 Å². The van der Waals surface area contributed by atoms with E-state index in [0.29, 0.717) is 5.75 Å². The molecule has 0 bridgehead atoms. The highest BCUT2D eigenvalue weighted by Crippen LogP contribution is 2.32. The molecule has 2 atom stereocenters. The van der Waals surface area contributed by atoms with E-state index in [4.69, 9.17) is 10.5 Å². The van der Waals surface area contributed by atoms with Crippen molar-refractivity contribution in [1.29, 1.82) is 0 Å². The van der Waals surface area contributed by atoms with E-state index in [1.807, 2.05) is 18.2 Å². The van der Waals surface area contributed by atoms with Crippen LogP contribution in [0.1, 0.15) is 18.5 Å². The molecule has 3 nitrogen and oxygen atoms in total. The molecule has 0 aliphatic heterocycles. The molecule has 14 heavy (non-hydrogen) atoms. The number of hydrogen-bond acceptors (Lipinski definition) is 3. The van der Waals surface area contributed by atoms with Crippen LogP contribution in [0.3, 0.4) is 0 Å². The fourth-order valence-corrected chi connectivity index (χ4v) is 1.81. The summed E-state index contributed by atoms with van der Waals surface area (Å²) in [5.74, 6) is 0.681. The zero-order valence-corrected chi connectivity index (χ0v) is 9.78. The lowest BCUT2D eigenvalue weighted by Gasteiger charge is -2.18. The number of methoxy groups -OCH3 is 1. The van der Waals surface area contributed by atoms with E-state index in [1.165, 1.54) is 0 Å². The van der Waals surface area contributed by atoms with Gasteiger partial charge in [0.05, 0.1) is 23.7 Å². The van der Waals surface area contributed by atoms with E-state index in [1.54, 1.807) is 14.0 Å². The molecule has 0 radical (unpaired) electrons. The Morgan fingerprint density at radius 3 is 2.64 bits per heavy atom. The Morgan fingerprint density at radius 2 is 2.14 bits per heavy atom. The van der Waals surface area contributed by atoms with Crippen LogP contribution in [0, 0.1) is 0 Å². The van der Waals surface area contributed by atoms with Crippen LogP contribution in [-0.2, 0) is 0 Å². The van der Waals surface area contributed by atoms with Crippen LogP contribution in [0.2, 0.25) is 0 Å². The summed E-state index contributed by atoms with van der Waals surface area (Å²) >= 11 is 3.36. The normalized spacial score (nSPS) is 14.9. The van der Waals surface area contributed by atoms with E-state index in [9.17, 15) is 5.11 Å². The number of nitrogens with two attached hydrogens (primary N) is 1. The minimum Gasteiger partial charge on any atom is -0.495 e. The molecular formula is C10H14BrNO2. The van der Waals surface area contributed by atoms with Crippen molar-refractivity contribution in [3.8, 4) is 5.75 Å². The van der Waals surface area contributed by atoms with Crippen LogP contribution in [0.25, 0.3) is 0 Å². The van der Waals surface area contributed by atoms with Crippen LogP contribution in [0.4, 0.5) is 0 Å². The Labute approximate surface area is 92.0 Å². The van der Waals surface area contributed by atoms with Crippen LogP contribution in [0.5, 0.6) is 5.75 Å². The molecule has 0 saturated carbocycles. The van der Waals surface area contributed by atoms with Crippen molar-refractivity contribution in [3.05, 3.63) is 28.2 Å². The fourth-order valence-electron chi connectivity index (χ4n) is 1.26. The standard InChI is InChI=1S/C10H14BrNO2/c1-6(13)9(12)7-4-3-5-8(11)10(7)14-2/h3-6,9,13H,12H2,1-2H3/t6-,9+/m1/s1. The predicted molar refractivity (Wildman–Crippen MR) is 59.3 cm³/mol. The molecule has 0 aliphatic rings. The van der Waals surface area contributed by atoms with Gasteiger partial charge in [-0.15, -0.1) is 0 Å². The lowest BCUT2D eigenvalue weighted by atomic mass is 10.0. The lowest BCUT2D eigenvalue weighted by molar-refractivity contribution is 0.162. The van der Waals surface area contributed by atoms with Crippen molar-refractivity contribution < 1.29 is 9.84 Å². The monoisotopic (exact) mass is 259 g/mol. The molecule has 1 aromatic carbocycles. The topological polar surface area (TPSA) is 55.5 Å². The van der Waals surface area contributed by atoms with Gasteiger partial charge in [-0.25, -0.2) is 0 Å². The number of halogens is 1. The lowest BCUT2D eigenvalue weighted by Crippen LogP contribution is -2.23. The minimum absolute atomic E-state index is 0.428. The van der Waals surface area contributed by atoms with E-state index < -0.39 is 12.1 Å². The summed E-state index contributed by atoms with van der Waals surface area (Å²) in [4.78, 5) is 0. The third-order valence-electron chi connectivity index (χ3n) is 2.08. The van der Waals surface area contributed by atoms with Gasteiger partial charge in [-0.2, -0.15) is 0 Å². The zero-order chi connectivity index (χ0) is 10.7. The van der Waals surface area contributed by atoms with Crippen LogP contribution in [0.15, 0.2) is 22.7 Å². The van der Waals surface area contributed by atoms with Gasteiger partial charge in [0.15, 0.2) is 0 Å². The van der Waals surface area contributed by atoms with Crippen molar-refractivity contribution in [2.75, 3.05) is 7.11 Å². The van der Waals surface area contributed by atoms with Gasteiger partial charge in [0.2, 0.25) is 0 Å². The quantitative estimate of drug-likeness (QED) is 0.871. The van der Waals surface area contributed by atoms with Crippen LogP contribution < -0.4 is 10.5 Å². The average Bonchev–Trinajstić information content (AvgIpc) is 2.16. The maximum absolute atomic E-state index is 9.39. The number of rotatable bonds is 3. The Hall–Kier alpha value is -0.580. The molecule has 4 heteroatoms. The summed E-state index contributed by atoms with van der Waals surface area (Å²) in [6.45, 7) is 1.66. The molecule has 78 valence electrons. The maximum Gasteiger partial charge on any atom is 0.137 e. The number of benzene rings is 1. The molecule has 0 unspecified atom stereocenters. The number of aliphatic hydroxyl groups excluding tert-OH is 1. The third kappa shape index (κ3) is 2.26. The Morgan fingerprint density at radius 1 is 1.50 bits per heavy atom. The first-order valence-electron chi connectivity index (χ1n) is 4.34. The van der Waals surface area contributed by atoms with Gasteiger partial charge in [0.25, 0.3) is 0 Å². The molecule has 0 fully saturated rings. The van der Waals surface area contributed by atoms with Crippen molar-refractivity contribution in [2.24, 2.45) is 5.73 Å². The van der Waals surface area contributed by atoms with Crippen molar-refractivity contribution in [3.63, 3.8) is 0 Å². The number of hydrogen-bond donors (Lipinski definition) is 2. The first-order chi connectivity index (χ1) is 6.57. The van der Waals surface area contributed by atoms with Gasteiger partial charge in [0, 0.05) is 5.56 Å². The second-order valence-electron chi connectivity index (χ2n) is 3.13. The van der Waals surface area contributed by atoms with Crippen molar-refractivity contribution >= 4 is 15.9 Å². The molecular weight excluding hydrogens is 246 g/mol. The second-order valence-corrected chi connectivity index (χ2v) is 3.98. The van der Waals surface area contributed by atoms with E-state index in [-0.39, 0.29) is 0 Å². The molecule has 1 rings (SSSR count). The Balaban J connectivity index is 3.13. The maximum atomic E-state index is 9.39. The molecule has 0 spiro atoms. The SMILES string of the molecule is COc1c(Br)cccc1[C@@H](N)[C@@H](C)O. The summed E-state index contributed by atoms with van der Waals surface area (Å²) in [6, 6.07) is 5.16. The predicted octanol–water partition coefficient (Wildman–Crippen LogP) is 1.84. The summed E-state index contributed by atoms with van der Waals surface area (Å²) in [7, 11) is 1.58. The van der Waals surface area contributed by atoms with Gasteiger partial charge in [-0.3, -0.25) is 0 Å². The highest BCUT2D eigenvalue weighted by molar-refractivity contribution is 9.10. The summed E-state index contributed by atoms with van der Waals surface area (Å²) < 4.78 is 6.05. The van der Waals surface area contributed by atoms with Crippen LogP contribution >= 0.6 is 15.9 Å². The minimum atomic E-state index is -0.599.